The number of aromatic nitrogens is 2. The summed E-state index contributed by atoms with van der Waals surface area (Å²) >= 11 is 1.09. The van der Waals surface area contributed by atoms with Crippen LogP contribution in [-0.2, 0) is 21.7 Å². The van der Waals surface area contributed by atoms with E-state index in [-0.39, 0.29) is 12.0 Å². The number of cyclic esters (lactones) is 1. The molecule has 2 aliphatic rings. The third-order valence-electron chi connectivity index (χ3n) is 7.22. The molecule has 9 nitrogen and oxygen atoms in total. The first-order valence-electron chi connectivity index (χ1n) is 12.9. The van der Waals surface area contributed by atoms with E-state index in [1.807, 2.05) is 12.1 Å². The monoisotopic (exact) mass is 560 g/mol. The highest BCUT2D eigenvalue weighted by Gasteiger charge is 2.48. The van der Waals surface area contributed by atoms with Gasteiger partial charge in [-0.25, -0.2) is 4.79 Å². The normalized spacial score (nSPS) is 18.6. The highest BCUT2D eigenvalue weighted by Crippen LogP contribution is 2.47. The van der Waals surface area contributed by atoms with Gasteiger partial charge in [-0.05, 0) is 66.3 Å². The number of fused-ring (bicyclic) bond motifs is 1. The molecular formula is C30H28N2O7S. The second-order valence-electron chi connectivity index (χ2n) is 9.85. The van der Waals surface area contributed by atoms with Crippen LogP contribution < -0.4 is 18.9 Å². The Bertz CT molecular complexity index is 1600. The lowest BCUT2D eigenvalue weighted by molar-refractivity contribution is -0.185. The Morgan fingerprint density at radius 2 is 1.73 bits per heavy atom. The van der Waals surface area contributed by atoms with Crippen molar-refractivity contribution >= 4 is 34.3 Å². The first-order valence-corrected chi connectivity index (χ1v) is 13.6. The highest BCUT2D eigenvalue weighted by atomic mass is 32.1. The van der Waals surface area contributed by atoms with Crippen LogP contribution in [0.15, 0.2) is 60.2 Å². The number of hydrogen-bond donors (Lipinski definition) is 1. The van der Waals surface area contributed by atoms with Gasteiger partial charge in [-0.2, -0.15) is 8.75 Å². The molecule has 1 aliphatic carbocycles. The van der Waals surface area contributed by atoms with Gasteiger partial charge in [0.05, 0.1) is 45.2 Å². The molecule has 1 fully saturated rings. The van der Waals surface area contributed by atoms with Gasteiger partial charge in [-0.3, -0.25) is 0 Å². The van der Waals surface area contributed by atoms with Crippen molar-refractivity contribution in [3.8, 4) is 23.0 Å². The Morgan fingerprint density at radius 1 is 0.975 bits per heavy atom. The maximum atomic E-state index is 13.5. The van der Waals surface area contributed by atoms with Crippen molar-refractivity contribution in [2.75, 3.05) is 27.9 Å². The van der Waals surface area contributed by atoms with Crippen molar-refractivity contribution in [3.05, 3.63) is 76.9 Å². The van der Waals surface area contributed by atoms with Crippen molar-refractivity contribution in [3.63, 3.8) is 0 Å². The molecule has 10 heteroatoms. The number of carbonyl (C=O) groups excluding carboxylic acids is 1. The molecule has 2 heterocycles. The fraction of sp³-hybridized carbons (Fsp3) is 0.300. The van der Waals surface area contributed by atoms with Gasteiger partial charge in [0.1, 0.15) is 16.8 Å². The molecule has 1 aromatic heterocycles. The summed E-state index contributed by atoms with van der Waals surface area (Å²) in [6.45, 7) is 0.591. The number of hydrogen-bond acceptors (Lipinski definition) is 10. The van der Waals surface area contributed by atoms with E-state index in [0.29, 0.717) is 57.7 Å². The van der Waals surface area contributed by atoms with Crippen LogP contribution in [0.5, 0.6) is 23.0 Å². The van der Waals surface area contributed by atoms with Gasteiger partial charge in [0.15, 0.2) is 11.5 Å². The number of methoxy groups -OCH3 is 3. The quantitative estimate of drug-likeness (QED) is 0.271. The summed E-state index contributed by atoms with van der Waals surface area (Å²) in [5.41, 5.74) is 3.67. The predicted molar refractivity (Wildman–Crippen MR) is 149 cm³/mol. The number of rotatable bonds is 10. The lowest BCUT2D eigenvalue weighted by Gasteiger charge is -2.26. The van der Waals surface area contributed by atoms with E-state index < -0.39 is 11.8 Å². The molecule has 0 spiro atoms. The van der Waals surface area contributed by atoms with Crippen LogP contribution >= 0.6 is 11.7 Å². The van der Waals surface area contributed by atoms with Crippen LogP contribution in [0.1, 0.15) is 29.5 Å². The predicted octanol–water partition coefficient (Wildman–Crippen LogP) is 4.90. The Morgan fingerprint density at radius 3 is 2.42 bits per heavy atom. The zero-order valence-electron chi connectivity index (χ0n) is 22.3. The van der Waals surface area contributed by atoms with Crippen LogP contribution in [0, 0.1) is 5.92 Å². The molecule has 0 radical (unpaired) electrons. The Hall–Kier alpha value is -4.15. The standard InChI is InChI=1S/C30H28N2O7S/c1-35-21-6-4-5-20(15-21)30(34)22(27(29(33)39-30)19-9-10-23-24(14-19)32-40-31-23)11-18-12-25(36-2)28(26(13-18)37-3)38-16-17-7-8-17/h4-6,9-10,12-15,17,34H,7-8,11,16H2,1-3H3. The minimum Gasteiger partial charge on any atom is -0.497 e. The molecule has 1 atom stereocenters. The largest absolute Gasteiger partial charge is 0.497 e. The molecule has 1 N–H and O–H groups in total. The van der Waals surface area contributed by atoms with E-state index in [2.05, 4.69) is 8.75 Å². The molecule has 0 bridgehead atoms. The second kappa shape index (κ2) is 10.4. The fourth-order valence-electron chi connectivity index (χ4n) is 4.91. The summed E-state index contributed by atoms with van der Waals surface area (Å²) in [6.07, 6.45) is 2.45. The third-order valence-corrected chi connectivity index (χ3v) is 7.78. The molecule has 1 saturated carbocycles. The number of nitrogens with zero attached hydrogens (tertiary/aromatic N) is 2. The van der Waals surface area contributed by atoms with E-state index >= 15 is 0 Å². The van der Waals surface area contributed by atoms with Gasteiger partial charge in [-0.15, -0.1) is 0 Å². The molecular weight excluding hydrogens is 532 g/mol. The van der Waals surface area contributed by atoms with E-state index in [4.69, 9.17) is 23.7 Å². The van der Waals surface area contributed by atoms with Crippen LogP contribution in [0.3, 0.4) is 0 Å². The lowest BCUT2D eigenvalue weighted by Crippen LogP contribution is -2.29. The molecule has 206 valence electrons. The van der Waals surface area contributed by atoms with Gasteiger partial charge >= 0.3 is 5.97 Å². The molecule has 40 heavy (non-hydrogen) atoms. The number of aliphatic hydroxyl groups is 1. The van der Waals surface area contributed by atoms with Crippen LogP contribution in [0.25, 0.3) is 16.6 Å². The van der Waals surface area contributed by atoms with E-state index in [0.717, 1.165) is 35.6 Å². The first kappa shape index (κ1) is 26.1. The molecule has 1 aliphatic heterocycles. The smallest absolute Gasteiger partial charge is 0.342 e. The minimum atomic E-state index is -2.04. The number of esters is 1. The summed E-state index contributed by atoms with van der Waals surface area (Å²) in [7, 11) is 4.67. The topological polar surface area (TPSA) is 109 Å². The molecule has 6 rings (SSSR count). The van der Waals surface area contributed by atoms with Crippen LogP contribution in [0.2, 0.25) is 0 Å². The van der Waals surface area contributed by atoms with Crippen molar-refractivity contribution < 1.29 is 33.6 Å². The summed E-state index contributed by atoms with van der Waals surface area (Å²) < 4.78 is 37.1. The van der Waals surface area contributed by atoms with Gasteiger partial charge in [0.2, 0.25) is 5.75 Å². The van der Waals surface area contributed by atoms with E-state index in [9.17, 15) is 9.90 Å². The number of ether oxygens (including phenoxy) is 5. The van der Waals surface area contributed by atoms with E-state index in [1.165, 1.54) is 7.11 Å². The summed E-state index contributed by atoms with van der Waals surface area (Å²) in [4.78, 5) is 13.5. The molecule has 3 aromatic carbocycles. The van der Waals surface area contributed by atoms with Gasteiger partial charge in [-0.1, -0.05) is 18.2 Å². The Balaban J connectivity index is 1.49. The lowest BCUT2D eigenvalue weighted by atomic mass is 9.87. The second-order valence-corrected chi connectivity index (χ2v) is 10.4. The SMILES string of the molecule is COc1cccc(C2(O)OC(=O)C(c3ccc4nsnc4c3)=C2Cc2cc(OC)c(OCC3CC3)c(OC)c2)c1. The Kier molecular flexibility index (Phi) is 6.81. The summed E-state index contributed by atoms with van der Waals surface area (Å²) in [6, 6.07) is 15.9. The fourth-order valence-corrected chi connectivity index (χ4v) is 5.43. The molecule has 1 unspecified atom stereocenters. The summed E-state index contributed by atoms with van der Waals surface area (Å²) in [5.74, 6) is -0.0941. The minimum absolute atomic E-state index is 0.151. The highest BCUT2D eigenvalue weighted by molar-refractivity contribution is 7.00. The summed E-state index contributed by atoms with van der Waals surface area (Å²) in [5, 5.41) is 12.1. The molecule has 0 saturated heterocycles. The molecule has 4 aromatic rings. The van der Waals surface area contributed by atoms with E-state index in [1.54, 1.807) is 56.7 Å². The average molecular weight is 561 g/mol. The average Bonchev–Trinajstić information content (AvgIpc) is 3.62. The van der Waals surface area contributed by atoms with Crippen molar-refractivity contribution in [1.29, 1.82) is 0 Å². The number of carbonyl (C=O) groups is 1. The first-order chi connectivity index (χ1) is 19.4. The zero-order chi connectivity index (χ0) is 27.9. The number of benzene rings is 3. The molecule has 0 amide bonds. The van der Waals surface area contributed by atoms with Crippen molar-refractivity contribution in [1.82, 2.24) is 8.75 Å². The van der Waals surface area contributed by atoms with Gasteiger partial charge < -0.3 is 28.8 Å². The van der Waals surface area contributed by atoms with Crippen molar-refractivity contribution in [2.45, 2.75) is 25.0 Å². The maximum Gasteiger partial charge on any atom is 0.342 e. The maximum absolute atomic E-state index is 13.5. The van der Waals surface area contributed by atoms with Gasteiger partial charge in [0.25, 0.3) is 5.79 Å². The van der Waals surface area contributed by atoms with Gasteiger partial charge in [0, 0.05) is 17.6 Å². The zero-order valence-corrected chi connectivity index (χ0v) is 23.1. The van der Waals surface area contributed by atoms with Crippen molar-refractivity contribution in [2.24, 2.45) is 5.92 Å². The third kappa shape index (κ3) is 4.73. The Labute approximate surface area is 235 Å². The van der Waals surface area contributed by atoms with Crippen LogP contribution in [-0.4, -0.2) is 47.8 Å². The van der Waals surface area contributed by atoms with Crippen LogP contribution in [0.4, 0.5) is 0 Å².